The number of aryl methyl sites for hydroxylation is 1. The van der Waals surface area contributed by atoms with Crippen LogP contribution in [0.25, 0.3) is 6.08 Å². The third kappa shape index (κ3) is 4.88. The average molecular weight is 539 g/mol. The van der Waals surface area contributed by atoms with Gasteiger partial charge in [0.1, 0.15) is 0 Å². The number of carbonyl (C=O) groups is 2. The summed E-state index contributed by atoms with van der Waals surface area (Å²) in [6.07, 6.45) is 1.59. The Morgan fingerprint density at radius 3 is 2.53 bits per heavy atom. The lowest BCUT2D eigenvalue weighted by molar-refractivity contribution is -0.129. The molecule has 0 saturated heterocycles. The van der Waals surface area contributed by atoms with Gasteiger partial charge in [0.25, 0.3) is 0 Å². The molecule has 0 atom stereocenters. The first-order chi connectivity index (χ1) is 15.4. The fourth-order valence-corrected chi connectivity index (χ4v) is 3.43. The van der Waals surface area contributed by atoms with Crippen molar-refractivity contribution in [2.75, 3.05) is 7.11 Å². The van der Waals surface area contributed by atoms with Crippen LogP contribution in [0.5, 0.6) is 11.5 Å². The van der Waals surface area contributed by atoms with Gasteiger partial charge in [-0.15, -0.1) is 0 Å². The molecule has 0 amide bonds. The van der Waals surface area contributed by atoms with Gasteiger partial charge in [0, 0.05) is 9.13 Å². The van der Waals surface area contributed by atoms with E-state index in [1.54, 1.807) is 42.5 Å². The molecule has 7 heteroatoms. The number of aliphatic imine (C=N–C) groups is 1. The maximum atomic E-state index is 12.5. The summed E-state index contributed by atoms with van der Waals surface area (Å²) in [7, 11) is 1.48. The van der Waals surface area contributed by atoms with Crippen LogP contribution in [0.2, 0.25) is 0 Å². The zero-order valence-corrected chi connectivity index (χ0v) is 19.5. The number of rotatable bonds is 5. The first kappa shape index (κ1) is 21.8. The number of cyclic esters (lactones) is 1. The number of ether oxygens (including phenoxy) is 3. The van der Waals surface area contributed by atoms with E-state index in [2.05, 4.69) is 27.6 Å². The van der Waals surface area contributed by atoms with Gasteiger partial charge in [0.05, 0.1) is 12.7 Å². The molecule has 0 aromatic heterocycles. The van der Waals surface area contributed by atoms with E-state index >= 15 is 0 Å². The molecule has 1 heterocycles. The molecule has 0 spiro atoms. The number of hydrogen-bond acceptors (Lipinski definition) is 6. The lowest BCUT2D eigenvalue weighted by Gasteiger charge is -2.10. The van der Waals surface area contributed by atoms with E-state index in [0.717, 1.165) is 14.7 Å². The molecule has 0 N–H and O–H groups in total. The summed E-state index contributed by atoms with van der Waals surface area (Å²) in [6, 6.07) is 19.6. The third-order valence-corrected chi connectivity index (χ3v) is 5.38. The number of methoxy groups -OCH3 is 1. The van der Waals surface area contributed by atoms with E-state index in [-0.39, 0.29) is 17.3 Å². The molecule has 0 unspecified atom stereocenters. The van der Waals surface area contributed by atoms with Crippen LogP contribution in [-0.2, 0) is 9.53 Å². The lowest BCUT2D eigenvalue weighted by Crippen LogP contribution is -2.09. The molecule has 1 aliphatic rings. The van der Waals surface area contributed by atoms with E-state index < -0.39 is 11.9 Å². The molecule has 160 valence electrons. The molecule has 0 saturated carbocycles. The monoisotopic (exact) mass is 539 g/mol. The molecule has 3 aromatic rings. The summed E-state index contributed by atoms with van der Waals surface area (Å²) < 4.78 is 17.3. The van der Waals surface area contributed by atoms with Crippen molar-refractivity contribution < 1.29 is 23.8 Å². The minimum absolute atomic E-state index is 0.171. The van der Waals surface area contributed by atoms with Crippen LogP contribution in [0.15, 0.2) is 77.4 Å². The van der Waals surface area contributed by atoms with Gasteiger partial charge in [-0.1, -0.05) is 23.8 Å². The second-order valence-corrected chi connectivity index (χ2v) is 8.26. The number of carbonyl (C=O) groups excluding carboxylic acids is 2. The zero-order valence-electron chi connectivity index (χ0n) is 17.3. The first-order valence-corrected chi connectivity index (χ1v) is 10.8. The zero-order chi connectivity index (χ0) is 22.7. The number of benzene rings is 3. The summed E-state index contributed by atoms with van der Waals surface area (Å²) in [6.45, 7) is 1.90. The van der Waals surface area contributed by atoms with Crippen molar-refractivity contribution in [3.63, 3.8) is 0 Å². The predicted molar refractivity (Wildman–Crippen MR) is 129 cm³/mol. The Morgan fingerprint density at radius 2 is 1.81 bits per heavy atom. The Labute approximate surface area is 198 Å². The van der Waals surface area contributed by atoms with Crippen molar-refractivity contribution in [1.29, 1.82) is 0 Å². The predicted octanol–water partition coefficient (Wildman–Crippen LogP) is 5.17. The van der Waals surface area contributed by atoms with Crippen LogP contribution < -0.4 is 9.47 Å². The summed E-state index contributed by atoms with van der Waals surface area (Å²) in [4.78, 5) is 29.1. The Balaban J connectivity index is 1.57. The highest BCUT2D eigenvalue weighted by atomic mass is 127. The largest absolute Gasteiger partial charge is 0.493 e. The highest BCUT2D eigenvalue weighted by Crippen LogP contribution is 2.30. The molecular formula is C25H18INO5. The van der Waals surface area contributed by atoms with Gasteiger partial charge in [0.2, 0.25) is 5.90 Å². The standard InChI is InChI=1S/C25H18INO5/c1-15-4-3-5-18(12-15)24(28)31-21-11-6-16(14-22(21)30-2)13-20-25(29)32-23(27-20)17-7-9-19(26)10-8-17/h3-14H,1-2H3/b20-13-. The number of halogens is 1. The van der Waals surface area contributed by atoms with Gasteiger partial charge in [-0.05, 0) is 89.7 Å². The molecule has 6 nitrogen and oxygen atoms in total. The second kappa shape index (κ2) is 9.35. The normalized spacial score (nSPS) is 14.2. The van der Waals surface area contributed by atoms with Crippen molar-refractivity contribution in [1.82, 2.24) is 0 Å². The van der Waals surface area contributed by atoms with Crippen molar-refractivity contribution in [2.24, 2.45) is 4.99 Å². The van der Waals surface area contributed by atoms with Crippen LogP contribution in [-0.4, -0.2) is 24.9 Å². The minimum atomic E-state index is -0.535. The maximum absolute atomic E-state index is 12.5. The minimum Gasteiger partial charge on any atom is -0.493 e. The molecule has 0 bridgehead atoms. The molecule has 4 rings (SSSR count). The number of nitrogens with zero attached hydrogens (tertiary/aromatic N) is 1. The molecule has 0 aliphatic carbocycles. The van der Waals surface area contributed by atoms with E-state index in [9.17, 15) is 9.59 Å². The van der Waals surface area contributed by atoms with Gasteiger partial charge in [-0.3, -0.25) is 0 Å². The van der Waals surface area contributed by atoms with Crippen LogP contribution >= 0.6 is 22.6 Å². The molecule has 1 aliphatic heterocycles. The molecule has 0 radical (unpaired) electrons. The van der Waals surface area contributed by atoms with Crippen molar-refractivity contribution in [3.05, 3.63) is 98.3 Å². The SMILES string of the molecule is COc1cc(/C=C2\N=C(c3ccc(I)cc3)OC2=O)ccc1OC(=O)c1cccc(C)c1. The van der Waals surface area contributed by atoms with E-state index in [1.165, 1.54) is 7.11 Å². The fourth-order valence-electron chi connectivity index (χ4n) is 3.07. The Bertz CT molecular complexity index is 1260. The van der Waals surface area contributed by atoms with Gasteiger partial charge in [0.15, 0.2) is 17.2 Å². The van der Waals surface area contributed by atoms with Gasteiger partial charge >= 0.3 is 11.9 Å². The number of esters is 2. The third-order valence-electron chi connectivity index (χ3n) is 4.66. The second-order valence-electron chi connectivity index (χ2n) is 7.01. The van der Waals surface area contributed by atoms with Crippen LogP contribution in [0.3, 0.4) is 0 Å². The molecular weight excluding hydrogens is 521 g/mol. The molecule has 3 aromatic carbocycles. The smallest absolute Gasteiger partial charge is 0.363 e. The van der Waals surface area contributed by atoms with Gasteiger partial charge < -0.3 is 14.2 Å². The van der Waals surface area contributed by atoms with Crippen molar-refractivity contribution >= 4 is 46.5 Å². The van der Waals surface area contributed by atoms with Crippen LogP contribution in [0.4, 0.5) is 0 Å². The molecule has 0 fully saturated rings. The lowest BCUT2D eigenvalue weighted by atomic mass is 10.1. The Morgan fingerprint density at radius 1 is 1.03 bits per heavy atom. The summed E-state index contributed by atoms with van der Waals surface area (Å²) in [5.41, 5.74) is 2.95. The van der Waals surface area contributed by atoms with Crippen molar-refractivity contribution in [3.8, 4) is 11.5 Å². The fraction of sp³-hybridized carbons (Fsp3) is 0.0800. The van der Waals surface area contributed by atoms with E-state index in [0.29, 0.717) is 16.9 Å². The van der Waals surface area contributed by atoms with E-state index in [1.807, 2.05) is 37.3 Å². The Kier molecular flexibility index (Phi) is 6.36. The van der Waals surface area contributed by atoms with Gasteiger partial charge in [-0.2, -0.15) is 0 Å². The highest BCUT2D eigenvalue weighted by Gasteiger charge is 2.24. The van der Waals surface area contributed by atoms with Crippen LogP contribution in [0.1, 0.15) is 27.0 Å². The quantitative estimate of drug-likeness (QED) is 0.194. The number of hydrogen-bond donors (Lipinski definition) is 0. The first-order valence-electron chi connectivity index (χ1n) is 9.68. The summed E-state index contributed by atoms with van der Waals surface area (Å²) in [5, 5.41) is 0. The van der Waals surface area contributed by atoms with Crippen LogP contribution in [0, 0.1) is 10.5 Å². The summed E-state index contributed by atoms with van der Waals surface area (Å²) in [5.74, 6) is -0.128. The van der Waals surface area contributed by atoms with Crippen molar-refractivity contribution in [2.45, 2.75) is 6.92 Å². The van der Waals surface area contributed by atoms with E-state index in [4.69, 9.17) is 14.2 Å². The summed E-state index contributed by atoms with van der Waals surface area (Å²) >= 11 is 2.20. The molecule has 32 heavy (non-hydrogen) atoms. The highest BCUT2D eigenvalue weighted by molar-refractivity contribution is 14.1. The maximum Gasteiger partial charge on any atom is 0.363 e. The Hall–Kier alpha value is -3.46. The topological polar surface area (TPSA) is 74.2 Å². The van der Waals surface area contributed by atoms with Gasteiger partial charge in [-0.25, -0.2) is 14.6 Å². The average Bonchev–Trinajstić information content (AvgIpc) is 3.15.